The van der Waals surface area contributed by atoms with Crippen molar-refractivity contribution in [2.24, 2.45) is 29.1 Å². The zero-order valence-electron chi connectivity index (χ0n) is 19.4. The minimum Gasteiger partial charge on any atom is -0.462 e. The highest BCUT2D eigenvalue weighted by Crippen LogP contribution is 2.45. The van der Waals surface area contributed by atoms with Gasteiger partial charge in [-0.3, -0.25) is 9.59 Å². The Morgan fingerprint density at radius 1 is 1.29 bits per heavy atom. The van der Waals surface area contributed by atoms with Crippen molar-refractivity contribution in [1.82, 2.24) is 0 Å². The monoisotopic (exact) mass is 434 g/mol. The second-order valence-corrected chi connectivity index (χ2v) is 10.4. The van der Waals surface area contributed by atoms with Crippen molar-refractivity contribution in [3.63, 3.8) is 0 Å². The molecule has 0 unspecified atom stereocenters. The summed E-state index contributed by atoms with van der Waals surface area (Å²) in [6.45, 7) is 9.35. The maximum Gasteiger partial charge on any atom is 0.314 e. The van der Waals surface area contributed by atoms with Gasteiger partial charge >= 0.3 is 11.9 Å². The number of esters is 2. The van der Waals surface area contributed by atoms with Crippen LogP contribution in [0.3, 0.4) is 0 Å². The first-order valence-electron chi connectivity index (χ1n) is 11.7. The maximum absolute atomic E-state index is 12.9. The highest BCUT2D eigenvalue weighted by Gasteiger charge is 2.44. The van der Waals surface area contributed by atoms with E-state index in [1.807, 2.05) is 0 Å². The Morgan fingerprint density at radius 3 is 2.65 bits per heavy atom. The van der Waals surface area contributed by atoms with E-state index in [-0.39, 0.29) is 42.4 Å². The Hall–Kier alpha value is -1.66. The highest BCUT2D eigenvalue weighted by atomic mass is 16.6. The van der Waals surface area contributed by atoms with Crippen molar-refractivity contribution in [2.75, 3.05) is 0 Å². The molecule has 0 aromatic heterocycles. The molecule has 1 aliphatic heterocycles. The SMILES string of the molecule is C[C@H]1C=C2C=C[C@H](C)[C@H](CC[C@@H]3C[C@@H](O)CC(=O)O3)[C@H]2[C@@H](OC(=O)C(C)(C)[C@@H](C)O)C1. The van der Waals surface area contributed by atoms with Crippen LogP contribution in [0.25, 0.3) is 0 Å². The van der Waals surface area contributed by atoms with Gasteiger partial charge in [0.05, 0.1) is 24.0 Å². The summed E-state index contributed by atoms with van der Waals surface area (Å²) < 4.78 is 11.5. The Morgan fingerprint density at radius 2 is 2.00 bits per heavy atom. The molecule has 6 heteroatoms. The van der Waals surface area contributed by atoms with Crippen LogP contribution in [0, 0.1) is 29.1 Å². The first-order valence-corrected chi connectivity index (χ1v) is 11.7. The van der Waals surface area contributed by atoms with Crippen molar-refractivity contribution in [1.29, 1.82) is 0 Å². The summed E-state index contributed by atoms with van der Waals surface area (Å²) in [6.07, 6.45) is 7.51. The average molecular weight is 435 g/mol. The zero-order valence-corrected chi connectivity index (χ0v) is 19.4. The molecular formula is C25H38O6. The Labute approximate surface area is 185 Å². The predicted molar refractivity (Wildman–Crippen MR) is 117 cm³/mol. The third-order valence-electron chi connectivity index (χ3n) is 7.48. The molecule has 0 radical (unpaired) electrons. The Bertz CT molecular complexity index is 736. The number of cyclic esters (lactones) is 1. The molecule has 0 spiro atoms. The number of fused-ring (bicyclic) bond motifs is 1. The van der Waals surface area contributed by atoms with Crippen molar-refractivity contribution in [3.8, 4) is 0 Å². The van der Waals surface area contributed by atoms with Crippen molar-refractivity contribution in [3.05, 3.63) is 23.8 Å². The van der Waals surface area contributed by atoms with E-state index >= 15 is 0 Å². The lowest BCUT2D eigenvalue weighted by Crippen LogP contribution is -2.45. The number of allylic oxidation sites excluding steroid dienone is 3. The third kappa shape index (κ3) is 5.40. The molecule has 3 rings (SSSR count). The van der Waals surface area contributed by atoms with Crippen LogP contribution in [0.1, 0.15) is 66.7 Å². The van der Waals surface area contributed by atoms with E-state index in [0.29, 0.717) is 24.7 Å². The molecule has 0 amide bonds. The summed E-state index contributed by atoms with van der Waals surface area (Å²) >= 11 is 0. The number of carbonyl (C=O) groups excluding carboxylic acids is 2. The van der Waals surface area contributed by atoms with Gasteiger partial charge in [-0.15, -0.1) is 0 Å². The Kier molecular flexibility index (Phi) is 7.32. The van der Waals surface area contributed by atoms with E-state index in [1.54, 1.807) is 20.8 Å². The van der Waals surface area contributed by atoms with Gasteiger partial charge in [0.15, 0.2) is 0 Å². The fraction of sp³-hybridized carbons (Fsp3) is 0.760. The van der Waals surface area contributed by atoms with Gasteiger partial charge in [0.1, 0.15) is 12.2 Å². The number of carbonyl (C=O) groups is 2. The lowest BCUT2D eigenvalue weighted by Gasteiger charge is -2.44. The van der Waals surface area contributed by atoms with Crippen LogP contribution in [0.4, 0.5) is 0 Å². The smallest absolute Gasteiger partial charge is 0.314 e. The molecule has 0 aromatic carbocycles. The van der Waals surface area contributed by atoms with Gasteiger partial charge < -0.3 is 19.7 Å². The van der Waals surface area contributed by atoms with Crippen molar-refractivity contribution < 1.29 is 29.3 Å². The normalized spacial score (nSPS) is 36.8. The van der Waals surface area contributed by atoms with Gasteiger partial charge in [-0.2, -0.15) is 0 Å². The van der Waals surface area contributed by atoms with E-state index in [1.165, 1.54) is 5.57 Å². The van der Waals surface area contributed by atoms with Crippen molar-refractivity contribution >= 4 is 11.9 Å². The molecule has 8 atom stereocenters. The van der Waals surface area contributed by atoms with Gasteiger partial charge in [0.25, 0.3) is 0 Å². The molecule has 0 bridgehead atoms. The van der Waals surface area contributed by atoms with E-state index in [0.717, 1.165) is 12.8 Å². The van der Waals surface area contributed by atoms with Crippen molar-refractivity contribution in [2.45, 2.75) is 91.1 Å². The van der Waals surface area contributed by atoms with Gasteiger partial charge in [-0.25, -0.2) is 0 Å². The van der Waals surface area contributed by atoms with Crippen LogP contribution in [-0.2, 0) is 19.1 Å². The second-order valence-electron chi connectivity index (χ2n) is 10.4. The lowest BCUT2D eigenvalue weighted by molar-refractivity contribution is -0.171. The minimum absolute atomic E-state index is 0.0730. The maximum atomic E-state index is 12.9. The molecule has 0 saturated carbocycles. The molecule has 3 aliphatic rings. The molecule has 2 aliphatic carbocycles. The lowest BCUT2D eigenvalue weighted by atomic mass is 9.65. The molecule has 31 heavy (non-hydrogen) atoms. The summed E-state index contributed by atoms with van der Waals surface area (Å²) in [6, 6.07) is 0. The zero-order chi connectivity index (χ0) is 22.9. The third-order valence-corrected chi connectivity index (χ3v) is 7.48. The first kappa shape index (κ1) is 24.0. The number of rotatable bonds is 6. The van der Waals surface area contributed by atoms with Crippen LogP contribution in [-0.4, -0.2) is 46.6 Å². The largest absolute Gasteiger partial charge is 0.462 e. The summed E-state index contributed by atoms with van der Waals surface area (Å²) in [5.74, 6) is 0.214. The summed E-state index contributed by atoms with van der Waals surface area (Å²) in [7, 11) is 0. The number of hydrogen-bond donors (Lipinski definition) is 2. The summed E-state index contributed by atoms with van der Waals surface area (Å²) in [4.78, 5) is 24.6. The number of aliphatic hydroxyl groups excluding tert-OH is 2. The molecule has 174 valence electrons. The molecular weight excluding hydrogens is 396 g/mol. The van der Waals surface area contributed by atoms with E-state index in [4.69, 9.17) is 9.47 Å². The standard InChI is InChI=1S/C25H38O6/c1-14-10-17-7-6-15(2)20(9-8-19-12-18(27)13-22(28)30-19)23(17)21(11-14)31-24(29)25(4,5)16(3)26/h6-7,10,14-16,18-21,23,26-27H,8-9,11-13H2,1-5H3/t14-,15-,16+,18+,19+,20-,21-,23-/m0/s1. The van der Waals surface area contributed by atoms with Crippen LogP contribution >= 0.6 is 0 Å². The second kappa shape index (κ2) is 9.45. The van der Waals surface area contributed by atoms with Gasteiger partial charge in [0.2, 0.25) is 0 Å². The topological polar surface area (TPSA) is 93.1 Å². The quantitative estimate of drug-likeness (QED) is 0.621. The minimum atomic E-state index is -0.970. The number of ether oxygens (including phenoxy) is 2. The fourth-order valence-corrected chi connectivity index (χ4v) is 5.10. The number of aliphatic hydroxyl groups is 2. The van der Waals surface area contributed by atoms with Gasteiger partial charge in [-0.05, 0) is 63.4 Å². The van der Waals surface area contributed by atoms with Gasteiger partial charge in [0, 0.05) is 12.3 Å². The predicted octanol–water partition coefficient (Wildman–Crippen LogP) is 3.56. The fourth-order valence-electron chi connectivity index (χ4n) is 5.10. The van der Waals surface area contributed by atoms with E-state index in [9.17, 15) is 19.8 Å². The molecule has 1 heterocycles. The molecule has 2 N–H and O–H groups in total. The van der Waals surface area contributed by atoms with Crippen LogP contribution in [0.15, 0.2) is 23.8 Å². The average Bonchev–Trinajstić information content (AvgIpc) is 2.66. The van der Waals surface area contributed by atoms with Crippen LogP contribution in [0.2, 0.25) is 0 Å². The summed E-state index contributed by atoms with van der Waals surface area (Å²) in [5, 5.41) is 20.0. The molecule has 1 saturated heterocycles. The Balaban J connectivity index is 1.77. The number of hydrogen-bond acceptors (Lipinski definition) is 6. The first-order chi connectivity index (χ1) is 14.5. The highest BCUT2D eigenvalue weighted by molar-refractivity contribution is 5.77. The summed E-state index contributed by atoms with van der Waals surface area (Å²) in [5.41, 5.74) is 0.234. The molecule has 0 aromatic rings. The van der Waals surface area contributed by atoms with E-state index in [2.05, 4.69) is 32.1 Å². The van der Waals surface area contributed by atoms with Crippen LogP contribution in [0.5, 0.6) is 0 Å². The molecule has 1 fully saturated rings. The van der Waals surface area contributed by atoms with Gasteiger partial charge in [-0.1, -0.05) is 32.1 Å². The van der Waals surface area contributed by atoms with Crippen LogP contribution < -0.4 is 0 Å². The molecule has 6 nitrogen and oxygen atoms in total. The van der Waals surface area contributed by atoms with E-state index < -0.39 is 17.6 Å².